The minimum absolute atomic E-state index is 0.226. The van der Waals surface area contributed by atoms with Crippen molar-refractivity contribution in [3.63, 3.8) is 0 Å². The van der Waals surface area contributed by atoms with Gasteiger partial charge in [0.05, 0.1) is 0 Å². The van der Waals surface area contributed by atoms with Gasteiger partial charge in [0.15, 0.2) is 0 Å². The van der Waals surface area contributed by atoms with E-state index in [1.54, 1.807) is 0 Å². The Bertz CT molecular complexity index is 117. The van der Waals surface area contributed by atoms with Crippen LogP contribution < -0.4 is 0 Å². The smallest absolute Gasteiger partial charge is 0.120 e. The Morgan fingerprint density at radius 1 is 1.45 bits per heavy atom. The summed E-state index contributed by atoms with van der Waals surface area (Å²) in [6.45, 7) is 4.23. The third kappa shape index (κ3) is 3.18. The predicted molar refractivity (Wildman–Crippen MR) is 50.4 cm³/mol. The van der Waals surface area contributed by atoms with Crippen LogP contribution in [0.5, 0.6) is 0 Å². The zero-order valence-corrected chi connectivity index (χ0v) is 8.41. The molecule has 0 radical (unpaired) electrons. The van der Waals surface area contributed by atoms with Gasteiger partial charge < -0.3 is 0 Å². The molecule has 1 saturated heterocycles. The largest absolute Gasteiger partial charge is 0.298 e. The lowest BCUT2D eigenvalue weighted by atomic mass is 10.0. The molecule has 1 heterocycles. The van der Waals surface area contributed by atoms with Gasteiger partial charge in [-0.05, 0) is 26.3 Å². The number of rotatable bonds is 2. The Hall–Kier alpha value is 0.540. The first kappa shape index (κ1) is 9.63. The van der Waals surface area contributed by atoms with Crippen LogP contribution in [0.15, 0.2) is 0 Å². The maximum atomic E-state index is 5.70. The molecule has 0 unspecified atom stereocenters. The number of halogens is 2. The lowest BCUT2D eigenvalue weighted by molar-refractivity contribution is 0.167. The maximum Gasteiger partial charge on any atom is 0.120 e. The first-order valence-corrected chi connectivity index (χ1v) is 5.09. The lowest BCUT2D eigenvalue weighted by Gasteiger charge is -2.33. The van der Waals surface area contributed by atoms with Crippen LogP contribution in [-0.4, -0.2) is 28.9 Å². The molecule has 0 aromatic heterocycles. The van der Waals surface area contributed by atoms with Crippen molar-refractivity contribution in [1.29, 1.82) is 0 Å². The highest BCUT2D eigenvalue weighted by atomic mass is 35.5. The van der Waals surface area contributed by atoms with E-state index < -0.39 is 0 Å². The number of likely N-dealkylation sites (tertiary alicyclic amines) is 1. The molecule has 11 heavy (non-hydrogen) atoms. The molecule has 0 N–H and O–H groups in total. The van der Waals surface area contributed by atoms with Gasteiger partial charge in [0.2, 0.25) is 0 Å². The number of nitrogens with zero attached hydrogens (tertiary/aromatic N) is 1. The van der Waals surface area contributed by atoms with Crippen LogP contribution >= 0.6 is 23.2 Å². The van der Waals surface area contributed by atoms with E-state index in [-0.39, 0.29) is 4.84 Å². The highest BCUT2D eigenvalue weighted by Crippen LogP contribution is 2.18. The Morgan fingerprint density at radius 2 is 2.18 bits per heavy atom. The van der Waals surface area contributed by atoms with Crippen LogP contribution in [0.4, 0.5) is 0 Å². The molecule has 1 aliphatic rings. The number of hydrogen-bond acceptors (Lipinski definition) is 1. The van der Waals surface area contributed by atoms with Crippen molar-refractivity contribution in [2.24, 2.45) is 0 Å². The standard InChI is InChI=1S/C8H15Cl2N/c1-7-4-2-3-5-11(7)6-8(9)10/h7-8H,2-6H2,1H3/t7-/m1/s1. The number of alkyl halides is 2. The summed E-state index contributed by atoms with van der Waals surface area (Å²) in [5.41, 5.74) is 0. The van der Waals surface area contributed by atoms with Crippen molar-refractivity contribution in [1.82, 2.24) is 4.90 Å². The van der Waals surface area contributed by atoms with Crippen molar-refractivity contribution < 1.29 is 0 Å². The van der Waals surface area contributed by atoms with E-state index in [1.165, 1.54) is 19.3 Å². The van der Waals surface area contributed by atoms with Crippen molar-refractivity contribution in [3.05, 3.63) is 0 Å². The van der Waals surface area contributed by atoms with Gasteiger partial charge in [-0.1, -0.05) is 6.42 Å². The molecule has 1 aliphatic heterocycles. The first-order valence-electron chi connectivity index (χ1n) is 4.22. The first-order chi connectivity index (χ1) is 5.20. The zero-order valence-electron chi connectivity index (χ0n) is 6.89. The minimum Gasteiger partial charge on any atom is -0.298 e. The van der Waals surface area contributed by atoms with Crippen molar-refractivity contribution in [3.8, 4) is 0 Å². The second-order valence-electron chi connectivity index (χ2n) is 3.23. The van der Waals surface area contributed by atoms with Gasteiger partial charge in [-0.3, -0.25) is 4.90 Å². The molecule has 0 aromatic carbocycles. The van der Waals surface area contributed by atoms with Gasteiger partial charge in [-0.25, -0.2) is 0 Å². The fraction of sp³-hybridized carbons (Fsp3) is 1.00. The van der Waals surface area contributed by atoms with Gasteiger partial charge in [0, 0.05) is 12.6 Å². The van der Waals surface area contributed by atoms with E-state index in [9.17, 15) is 0 Å². The zero-order chi connectivity index (χ0) is 8.27. The lowest BCUT2D eigenvalue weighted by Crippen LogP contribution is -2.39. The maximum absolute atomic E-state index is 5.70. The molecule has 0 spiro atoms. The highest BCUT2D eigenvalue weighted by molar-refractivity contribution is 6.44. The highest BCUT2D eigenvalue weighted by Gasteiger charge is 2.19. The quantitative estimate of drug-likeness (QED) is 0.613. The minimum atomic E-state index is -0.226. The molecule has 1 atom stereocenters. The molecule has 66 valence electrons. The summed E-state index contributed by atoms with van der Waals surface area (Å²) in [5.74, 6) is 0. The van der Waals surface area contributed by atoms with Crippen molar-refractivity contribution in [2.75, 3.05) is 13.1 Å². The fourth-order valence-electron chi connectivity index (χ4n) is 1.61. The topological polar surface area (TPSA) is 3.24 Å². The molecule has 1 nitrogen and oxygen atoms in total. The van der Waals surface area contributed by atoms with E-state index >= 15 is 0 Å². The van der Waals surface area contributed by atoms with Gasteiger partial charge in [-0.2, -0.15) is 0 Å². The Morgan fingerprint density at radius 3 is 2.73 bits per heavy atom. The molecular weight excluding hydrogens is 181 g/mol. The monoisotopic (exact) mass is 195 g/mol. The van der Waals surface area contributed by atoms with Crippen molar-refractivity contribution >= 4 is 23.2 Å². The SMILES string of the molecule is C[C@@H]1CCCCN1CC(Cl)Cl. The van der Waals surface area contributed by atoms with Crippen molar-refractivity contribution in [2.45, 2.75) is 37.1 Å². The molecule has 0 bridgehead atoms. The van der Waals surface area contributed by atoms with Gasteiger partial charge >= 0.3 is 0 Å². The van der Waals surface area contributed by atoms with Crippen LogP contribution in [0, 0.1) is 0 Å². The third-order valence-electron chi connectivity index (χ3n) is 2.31. The Labute approximate surface area is 78.7 Å². The summed E-state index contributed by atoms with van der Waals surface area (Å²) in [5, 5.41) is 0. The fourth-order valence-corrected chi connectivity index (χ4v) is 1.96. The molecule has 0 saturated carbocycles. The van der Waals surface area contributed by atoms with Gasteiger partial charge in [0.1, 0.15) is 4.84 Å². The summed E-state index contributed by atoms with van der Waals surface area (Å²) in [4.78, 5) is 2.14. The van der Waals surface area contributed by atoms with Gasteiger partial charge in [-0.15, -0.1) is 23.2 Å². The molecule has 0 aromatic rings. The molecule has 0 amide bonds. The van der Waals surface area contributed by atoms with Crippen LogP contribution in [-0.2, 0) is 0 Å². The summed E-state index contributed by atoms with van der Waals surface area (Å²) >= 11 is 11.4. The average Bonchev–Trinajstić information content (AvgIpc) is 1.93. The van der Waals surface area contributed by atoms with Crippen LogP contribution in [0.25, 0.3) is 0 Å². The second-order valence-corrected chi connectivity index (χ2v) is 4.51. The van der Waals surface area contributed by atoms with E-state index in [4.69, 9.17) is 23.2 Å². The van der Waals surface area contributed by atoms with Crippen LogP contribution in [0.2, 0.25) is 0 Å². The second kappa shape index (κ2) is 4.54. The third-order valence-corrected chi connectivity index (χ3v) is 2.59. The summed E-state index contributed by atoms with van der Waals surface area (Å²) in [7, 11) is 0. The van der Waals surface area contributed by atoms with E-state index in [2.05, 4.69) is 11.8 Å². The Kier molecular flexibility index (Phi) is 3.97. The van der Waals surface area contributed by atoms with Crippen LogP contribution in [0.1, 0.15) is 26.2 Å². The molecule has 3 heteroatoms. The number of piperidine rings is 1. The molecule has 1 rings (SSSR count). The van der Waals surface area contributed by atoms with E-state index in [0.717, 1.165) is 13.1 Å². The van der Waals surface area contributed by atoms with Gasteiger partial charge in [0.25, 0.3) is 0 Å². The Balaban J connectivity index is 2.29. The predicted octanol–water partition coefficient (Wildman–Crippen LogP) is 2.66. The normalized spacial score (nSPS) is 27.8. The molecular formula is C8H15Cl2N. The average molecular weight is 196 g/mol. The van der Waals surface area contributed by atoms with E-state index in [1.807, 2.05) is 0 Å². The summed E-state index contributed by atoms with van der Waals surface area (Å²) in [6, 6.07) is 0.670. The molecule has 0 aliphatic carbocycles. The number of hydrogen-bond donors (Lipinski definition) is 0. The van der Waals surface area contributed by atoms with E-state index in [0.29, 0.717) is 6.04 Å². The molecule has 1 fully saturated rings. The summed E-state index contributed by atoms with van der Waals surface area (Å²) < 4.78 is 0. The van der Waals surface area contributed by atoms with Crippen LogP contribution in [0.3, 0.4) is 0 Å². The summed E-state index contributed by atoms with van der Waals surface area (Å²) in [6.07, 6.45) is 3.94.